The minimum atomic E-state index is -0.912. The van der Waals surface area contributed by atoms with E-state index in [0.717, 1.165) is 12.8 Å². The second kappa shape index (κ2) is 6.88. The summed E-state index contributed by atoms with van der Waals surface area (Å²) in [6.07, 6.45) is 1.01. The third-order valence-corrected chi connectivity index (χ3v) is 4.47. The van der Waals surface area contributed by atoms with Gasteiger partial charge in [-0.05, 0) is 53.4 Å². The van der Waals surface area contributed by atoms with Gasteiger partial charge in [0.2, 0.25) is 5.91 Å². The maximum Gasteiger partial charge on any atom is 0.411 e. The van der Waals surface area contributed by atoms with Gasteiger partial charge in [-0.1, -0.05) is 0 Å². The molecule has 2 fully saturated rings. The van der Waals surface area contributed by atoms with Gasteiger partial charge in [0.15, 0.2) is 0 Å². The first kappa shape index (κ1) is 19.0. The molecule has 0 aromatic heterocycles. The molecule has 3 atom stereocenters. The van der Waals surface area contributed by atoms with Gasteiger partial charge in [-0.2, -0.15) is 0 Å². The molecule has 0 bridgehead atoms. The lowest BCUT2D eigenvalue weighted by Crippen LogP contribution is -2.61. The summed E-state index contributed by atoms with van der Waals surface area (Å²) in [6.45, 7) is 9.70. The predicted molar refractivity (Wildman–Crippen MR) is 88.5 cm³/mol. The molecule has 2 aliphatic rings. The highest BCUT2D eigenvalue weighted by atomic mass is 16.6. The molecule has 0 radical (unpaired) electrons. The second-order valence-electron chi connectivity index (χ2n) is 8.04. The van der Waals surface area contributed by atoms with E-state index in [2.05, 4.69) is 5.32 Å². The van der Waals surface area contributed by atoms with E-state index in [4.69, 9.17) is 9.47 Å². The fourth-order valence-electron chi connectivity index (χ4n) is 2.92. The van der Waals surface area contributed by atoms with Crippen molar-refractivity contribution in [2.24, 2.45) is 5.92 Å². The zero-order valence-electron chi connectivity index (χ0n) is 15.3. The number of carbonyl (C=O) groups is 2. The molecule has 1 aliphatic heterocycles. The first-order valence-electron chi connectivity index (χ1n) is 8.62. The SMILES string of the molecule is C[C@H]1OCCN(C(=O)OC(C)(C)C)[C@@H]1C(=O)NCC(C)(O)C1CC1. The van der Waals surface area contributed by atoms with Gasteiger partial charge >= 0.3 is 6.09 Å². The van der Waals surface area contributed by atoms with Crippen molar-refractivity contribution in [2.75, 3.05) is 19.7 Å². The molecule has 0 spiro atoms. The van der Waals surface area contributed by atoms with E-state index in [1.165, 1.54) is 4.90 Å². The number of amides is 2. The van der Waals surface area contributed by atoms with Crippen molar-refractivity contribution in [2.45, 2.75) is 70.8 Å². The van der Waals surface area contributed by atoms with Crippen LogP contribution in [0.2, 0.25) is 0 Å². The summed E-state index contributed by atoms with van der Waals surface area (Å²) in [5, 5.41) is 13.1. The summed E-state index contributed by atoms with van der Waals surface area (Å²) in [7, 11) is 0. The van der Waals surface area contributed by atoms with Crippen molar-refractivity contribution in [3.8, 4) is 0 Å². The summed E-state index contributed by atoms with van der Waals surface area (Å²) in [4.78, 5) is 26.5. The lowest BCUT2D eigenvalue weighted by Gasteiger charge is -2.39. The third kappa shape index (κ3) is 4.83. The van der Waals surface area contributed by atoms with Crippen molar-refractivity contribution < 1.29 is 24.2 Å². The number of nitrogens with zero attached hydrogens (tertiary/aromatic N) is 1. The predicted octanol–water partition coefficient (Wildman–Crippen LogP) is 1.29. The van der Waals surface area contributed by atoms with Gasteiger partial charge in [0.25, 0.3) is 0 Å². The van der Waals surface area contributed by atoms with Gasteiger partial charge < -0.3 is 19.9 Å². The number of ether oxygens (including phenoxy) is 2. The van der Waals surface area contributed by atoms with Crippen LogP contribution < -0.4 is 5.32 Å². The highest BCUT2D eigenvalue weighted by Gasteiger charge is 2.43. The summed E-state index contributed by atoms with van der Waals surface area (Å²) >= 11 is 0. The Hall–Kier alpha value is -1.34. The van der Waals surface area contributed by atoms with Crippen molar-refractivity contribution in [3.63, 3.8) is 0 Å². The molecule has 0 aromatic rings. The summed E-state index contributed by atoms with van der Waals surface area (Å²) < 4.78 is 10.9. The van der Waals surface area contributed by atoms with Crippen LogP contribution in [-0.4, -0.2) is 65.1 Å². The molecule has 7 nitrogen and oxygen atoms in total. The fraction of sp³-hybridized carbons (Fsp3) is 0.882. The number of hydrogen-bond donors (Lipinski definition) is 2. The van der Waals surface area contributed by atoms with Crippen LogP contribution in [0.1, 0.15) is 47.5 Å². The summed E-state index contributed by atoms with van der Waals surface area (Å²) in [5.41, 5.74) is -1.54. The van der Waals surface area contributed by atoms with Gasteiger partial charge in [0.05, 0.1) is 18.3 Å². The van der Waals surface area contributed by atoms with E-state index >= 15 is 0 Å². The smallest absolute Gasteiger partial charge is 0.411 e. The Morgan fingerprint density at radius 2 is 1.92 bits per heavy atom. The molecular weight excluding hydrogens is 312 g/mol. The molecule has 1 unspecified atom stereocenters. The van der Waals surface area contributed by atoms with Crippen molar-refractivity contribution in [3.05, 3.63) is 0 Å². The number of carbonyl (C=O) groups excluding carboxylic acids is 2. The minimum absolute atomic E-state index is 0.169. The van der Waals surface area contributed by atoms with Crippen molar-refractivity contribution in [1.82, 2.24) is 10.2 Å². The molecule has 24 heavy (non-hydrogen) atoms. The van der Waals surface area contributed by atoms with Gasteiger partial charge in [0, 0.05) is 13.1 Å². The first-order chi connectivity index (χ1) is 11.0. The van der Waals surface area contributed by atoms with Crippen LogP contribution in [0.4, 0.5) is 4.79 Å². The number of rotatable bonds is 4. The van der Waals surface area contributed by atoms with Crippen molar-refractivity contribution in [1.29, 1.82) is 0 Å². The maximum absolute atomic E-state index is 12.6. The number of hydrogen-bond acceptors (Lipinski definition) is 5. The average Bonchev–Trinajstić information content (AvgIpc) is 3.27. The molecule has 2 N–H and O–H groups in total. The highest BCUT2D eigenvalue weighted by molar-refractivity contribution is 5.86. The molecule has 1 saturated carbocycles. The van der Waals surface area contributed by atoms with E-state index in [1.54, 1.807) is 34.6 Å². The Balaban J connectivity index is 2.01. The van der Waals surface area contributed by atoms with E-state index in [0.29, 0.717) is 13.2 Å². The molecule has 1 aliphatic carbocycles. The molecule has 138 valence electrons. The first-order valence-corrected chi connectivity index (χ1v) is 8.62. The zero-order valence-corrected chi connectivity index (χ0v) is 15.3. The number of morpholine rings is 1. The lowest BCUT2D eigenvalue weighted by atomic mass is 10.00. The topological polar surface area (TPSA) is 88.1 Å². The monoisotopic (exact) mass is 342 g/mol. The lowest BCUT2D eigenvalue weighted by molar-refractivity contribution is -0.139. The highest BCUT2D eigenvalue weighted by Crippen LogP contribution is 2.39. The van der Waals surface area contributed by atoms with Gasteiger partial charge in [-0.3, -0.25) is 9.69 Å². The van der Waals surface area contributed by atoms with E-state index < -0.39 is 29.4 Å². The largest absolute Gasteiger partial charge is 0.444 e. The minimum Gasteiger partial charge on any atom is -0.444 e. The zero-order chi connectivity index (χ0) is 18.1. The van der Waals surface area contributed by atoms with Gasteiger partial charge in [0.1, 0.15) is 11.6 Å². The van der Waals surface area contributed by atoms with Crippen molar-refractivity contribution >= 4 is 12.0 Å². The van der Waals surface area contributed by atoms with Gasteiger partial charge in [-0.25, -0.2) is 4.79 Å². The van der Waals surface area contributed by atoms with E-state index in [1.807, 2.05) is 0 Å². The van der Waals surface area contributed by atoms with Crippen LogP contribution in [-0.2, 0) is 14.3 Å². The Morgan fingerprint density at radius 3 is 2.46 bits per heavy atom. The maximum atomic E-state index is 12.6. The standard InChI is InChI=1S/C17H30N2O5/c1-11-13(14(20)18-10-17(5,22)12-6-7-12)19(8-9-23-11)15(21)24-16(2,3)4/h11-13,22H,6-10H2,1-5H3,(H,18,20)/t11-,13+,17?/m1/s1. The van der Waals surface area contributed by atoms with Crippen LogP contribution in [0.3, 0.4) is 0 Å². The average molecular weight is 342 g/mol. The second-order valence-corrected chi connectivity index (χ2v) is 8.04. The molecule has 1 heterocycles. The quantitative estimate of drug-likeness (QED) is 0.804. The van der Waals surface area contributed by atoms with Crippen LogP contribution in [0.15, 0.2) is 0 Å². The van der Waals surface area contributed by atoms with E-state index in [9.17, 15) is 14.7 Å². The summed E-state index contributed by atoms with van der Waals surface area (Å²) in [6, 6.07) is -0.761. The fourth-order valence-corrected chi connectivity index (χ4v) is 2.92. The Bertz CT molecular complexity index is 482. The van der Waals surface area contributed by atoms with Crippen LogP contribution in [0.5, 0.6) is 0 Å². The number of nitrogens with one attached hydrogen (secondary N) is 1. The van der Waals surface area contributed by atoms with Crippen LogP contribution >= 0.6 is 0 Å². The van der Waals surface area contributed by atoms with Crippen LogP contribution in [0.25, 0.3) is 0 Å². The summed E-state index contributed by atoms with van der Waals surface area (Å²) in [5.74, 6) is -0.0891. The molecule has 2 rings (SSSR count). The molecule has 1 saturated heterocycles. The van der Waals surface area contributed by atoms with Crippen LogP contribution in [0, 0.1) is 5.92 Å². The normalized spacial score (nSPS) is 27.3. The Kier molecular flexibility index (Phi) is 5.44. The Labute approximate surface area is 143 Å². The molecular formula is C17H30N2O5. The van der Waals surface area contributed by atoms with Gasteiger partial charge in [-0.15, -0.1) is 0 Å². The molecule has 7 heteroatoms. The third-order valence-electron chi connectivity index (χ3n) is 4.47. The molecule has 0 aromatic carbocycles. The molecule has 2 amide bonds. The van der Waals surface area contributed by atoms with E-state index in [-0.39, 0.29) is 18.4 Å². The number of aliphatic hydroxyl groups is 1. The Morgan fingerprint density at radius 1 is 1.29 bits per heavy atom.